The van der Waals surface area contributed by atoms with Crippen LogP contribution in [0.25, 0.3) is 0 Å². The molecule has 0 spiro atoms. The zero-order valence-electron chi connectivity index (χ0n) is 15.6. The Morgan fingerprint density at radius 1 is 1.15 bits per heavy atom. The van der Waals surface area contributed by atoms with Crippen LogP contribution in [0.5, 0.6) is 0 Å². The van der Waals surface area contributed by atoms with Crippen molar-refractivity contribution < 1.29 is 9.59 Å². The average molecular weight is 451 g/mol. The number of alkyl halides is 1. The van der Waals surface area contributed by atoms with E-state index >= 15 is 0 Å². The molecule has 4 saturated carbocycles. The first-order chi connectivity index (χ1) is 12.8. The first-order valence-corrected chi connectivity index (χ1v) is 11.9. The highest BCUT2D eigenvalue weighted by Gasteiger charge is 2.57. The number of thiophene rings is 1. The maximum Gasteiger partial charge on any atom is 0.251 e. The molecule has 2 amide bonds. The summed E-state index contributed by atoms with van der Waals surface area (Å²) in [6.45, 7) is 0. The zero-order valence-corrected chi connectivity index (χ0v) is 18.0. The van der Waals surface area contributed by atoms with E-state index in [1.165, 1.54) is 37.0 Å². The van der Waals surface area contributed by atoms with E-state index in [0.717, 1.165) is 49.5 Å². The first-order valence-electron chi connectivity index (χ1n) is 10.3. The molecule has 5 aliphatic rings. The minimum Gasteiger partial charge on any atom is -0.365 e. The third-order valence-electron chi connectivity index (χ3n) is 7.32. The van der Waals surface area contributed by atoms with Crippen LogP contribution in [-0.2, 0) is 17.6 Å². The van der Waals surface area contributed by atoms with Crippen LogP contribution >= 0.6 is 27.3 Å². The van der Waals surface area contributed by atoms with Crippen molar-refractivity contribution in [3.05, 3.63) is 16.0 Å². The molecule has 2 atom stereocenters. The maximum atomic E-state index is 13.0. The van der Waals surface area contributed by atoms with E-state index in [0.29, 0.717) is 17.0 Å². The van der Waals surface area contributed by atoms with Crippen LogP contribution in [0.3, 0.4) is 0 Å². The Morgan fingerprint density at radius 3 is 2.52 bits per heavy atom. The monoisotopic (exact) mass is 450 g/mol. The molecule has 4 fully saturated rings. The van der Waals surface area contributed by atoms with Gasteiger partial charge in [-0.25, -0.2) is 0 Å². The van der Waals surface area contributed by atoms with Gasteiger partial charge in [-0.05, 0) is 87.0 Å². The normalized spacial score (nSPS) is 36.5. The van der Waals surface area contributed by atoms with Gasteiger partial charge in [0.1, 0.15) is 5.00 Å². The van der Waals surface area contributed by atoms with Crippen LogP contribution in [0.1, 0.15) is 78.6 Å². The van der Waals surface area contributed by atoms with E-state index in [1.54, 1.807) is 11.3 Å². The van der Waals surface area contributed by atoms with Crippen molar-refractivity contribution >= 4 is 44.1 Å². The van der Waals surface area contributed by atoms with E-state index in [-0.39, 0.29) is 15.6 Å². The van der Waals surface area contributed by atoms with Crippen LogP contribution in [0.2, 0.25) is 0 Å². The summed E-state index contributed by atoms with van der Waals surface area (Å²) in [4.78, 5) is 26.3. The molecule has 146 valence electrons. The molecule has 1 aromatic heterocycles. The van der Waals surface area contributed by atoms with Crippen molar-refractivity contribution in [3.8, 4) is 0 Å². The van der Waals surface area contributed by atoms with Gasteiger partial charge in [-0.2, -0.15) is 0 Å². The summed E-state index contributed by atoms with van der Waals surface area (Å²) < 4.78 is 0.262. The highest BCUT2D eigenvalue weighted by molar-refractivity contribution is 9.10. The van der Waals surface area contributed by atoms with Gasteiger partial charge >= 0.3 is 0 Å². The molecule has 0 saturated heterocycles. The Balaban J connectivity index is 1.36. The number of halogens is 1. The van der Waals surface area contributed by atoms with Gasteiger partial charge in [0, 0.05) is 15.6 Å². The molecule has 6 heteroatoms. The van der Waals surface area contributed by atoms with Crippen molar-refractivity contribution in [3.63, 3.8) is 0 Å². The highest BCUT2D eigenvalue weighted by Crippen LogP contribution is 2.65. The predicted molar refractivity (Wildman–Crippen MR) is 111 cm³/mol. The first kappa shape index (κ1) is 18.2. The van der Waals surface area contributed by atoms with Crippen LogP contribution in [0, 0.1) is 17.3 Å². The number of anilines is 1. The zero-order chi connectivity index (χ0) is 18.8. The van der Waals surface area contributed by atoms with Crippen molar-refractivity contribution in [2.24, 2.45) is 23.0 Å². The summed E-state index contributed by atoms with van der Waals surface area (Å²) in [5, 5.41) is 3.79. The van der Waals surface area contributed by atoms with Gasteiger partial charge < -0.3 is 11.1 Å². The molecular formula is C21H27BrN2O2S. The van der Waals surface area contributed by atoms with Crippen molar-refractivity contribution in [1.82, 2.24) is 0 Å². The van der Waals surface area contributed by atoms with Crippen LogP contribution in [-0.4, -0.2) is 16.1 Å². The molecular weight excluding hydrogens is 424 g/mol. The number of fused-ring (bicyclic) bond motifs is 1. The lowest BCUT2D eigenvalue weighted by molar-refractivity contribution is -0.123. The second kappa shape index (κ2) is 6.31. The van der Waals surface area contributed by atoms with E-state index in [2.05, 4.69) is 21.2 Å². The summed E-state index contributed by atoms with van der Waals surface area (Å²) in [5.74, 6) is 1.20. The number of nitrogens with one attached hydrogen (secondary N) is 1. The Kier molecular flexibility index (Phi) is 4.25. The standard InChI is InChI=1S/C21H27BrN2O2S/c22-21-8-12-5-13(9-21)7-20(6-12,11-21)10-16(25)24-19-17(18(23)26)14-3-1-2-4-15(14)27-19/h12-13H,1-11H2,(H2,23,26)(H,24,25)/t12-,13-,20?,21?/m1/s1. The molecule has 0 radical (unpaired) electrons. The lowest BCUT2D eigenvalue weighted by Gasteiger charge is -2.60. The fraction of sp³-hybridized carbons (Fsp3) is 0.714. The molecule has 6 rings (SSSR count). The quantitative estimate of drug-likeness (QED) is 0.647. The van der Waals surface area contributed by atoms with Crippen LogP contribution < -0.4 is 11.1 Å². The maximum absolute atomic E-state index is 13.0. The number of aryl methyl sites for hydroxylation is 1. The average Bonchev–Trinajstić information content (AvgIpc) is 2.89. The van der Waals surface area contributed by atoms with Crippen LogP contribution in [0.4, 0.5) is 5.00 Å². The Morgan fingerprint density at radius 2 is 1.85 bits per heavy atom. The van der Waals surface area contributed by atoms with Gasteiger partial charge in [-0.1, -0.05) is 15.9 Å². The minimum atomic E-state index is -0.404. The molecule has 0 aliphatic heterocycles. The lowest BCUT2D eigenvalue weighted by Crippen LogP contribution is -2.53. The predicted octanol–water partition coefficient (Wildman–Crippen LogP) is 4.79. The third-order valence-corrected chi connectivity index (χ3v) is 9.45. The summed E-state index contributed by atoms with van der Waals surface area (Å²) in [6.07, 6.45) is 12.1. The van der Waals surface area contributed by atoms with Crippen LogP contribution in [0.15, 0.2) is 0 Å². The van der Waals surface area contributed by atoms with E-state index in [4.69, 9.17) is 5.73 Å². The SMILES string of the molecule is NC(=O)c1c(NC(=O)CC23C[C@H]4C[C@@H](CC(Br)(C4)C2)C3)sc2c1CCCC2. The Bertz CT molecular complexity index is 803. The summed E-state index contributed by atoms with van der Waals surface area (Å²) >= 11 is 5.60. The molecule has 1 aromatic rings. The second-order valence-corrected chi connectivity index (χ2v) is 12.4. The van der Waals surface area contributed by atoms with Crippen molar-refractivity contribution in [2.75, 3.05) is 5.32 Å². The van der Waals surface area contributed by atoms with Crippen molar-refractivity contribution in [2.45, 2.75) is 75.0 Å². The fourth-order valence-corrected chi connectivity index (χ4v) is 9.79. The topological polar surface area (TPSA) is 72.2 Å². The van der Waals surface area contributed by atoms with Crippen molar-refractivity contribution in [1.29, 1.82) is 0 Å². The lowest BCUT2D eigenvalue weighted by atomic mass is 9.48. The Labute approximate surface area is 172 Å². The van der Waals surface area contributed by atoms with Gasteiger partial charge in [0.05, 0.1) is 5.56 Å². The number of nitrogens with two attached hydrogens (primary N) is 1. The smallest absolute Gasteiger partial charge is 0.251 e. The minimum absolute atomic E-state index is 0.0640. The van der Waals surface area contributed by atoms with E-state index in [1.807, 2.05) is 0 Å². The molecule has 1 heterocycles. The van der Waals surface area contributed by atoms with Gasteiger partial charge in [0.25, 0.3) is 5.91 Å². The molecule has 4 bridgehead atoms. The summed E-state index contributed by atoms with van der Waals surface area (Å²) in [5.41, 5.74) is 7.48. The molecule has 0 aromatic carbocycles. The number of primary amides is 1. The van der Waals surface area contributed by atoms with Gasteiger partial charge in [0.15, 0.2) is 0 Å². The van der Waals surface area contributed by atoms with Gasteiger partial charge in [0.2, 0.25) is 5.91 Å². The molecule has 0 unspecified atom stereocenters. The number of rotatable bonds is 4. The fourth-order valence-electron chi connectivity index (χ4n) is 6.97. The molecule has 27 heavy (non-hydrogen) atoms. The van der Waals surface area contributed by atoms with Gasteiger partial charge in [-0.3, -0.25) is 9.59 Å². The molecule has 3 N–H and O–H groups in total. The molecule has 4 nitrogen and oxygen atoms in total. The van der Waals surface area contributed by atoms with E-state index < -0.39 is 5.91 Å². The number of hydrogen-bond acceptors (Lipinski definition) is 3. The van der Waals surface area contributed by atoms with Gasteiger partial charge in [-0.15, -0.1) is 11.3 Å². The number of carbonyl (C=O) groups is 2. The number of carbonyl (C=O) groups excluding carboxylic acids is 2. The number of hydrogen-bond donors (Lipinski definition) is 2. The third kappa shape index (κ3) is 3.17. The Hall–Kier alpha value is -0.880. The van der Waals surface area contributed by atoms with E-state index in [9.17, 15) is 9.59 Å². The second-order valence-electron chi connectivity index (χ2n) is 9.62. The summed E-state index contributed by atoms with van der Waals surface area (Å²) in [6, 6.07) is 0. The molecule has 5 aliphatic carbocycles. The number of amides is 2. The highest BCUT2D eigenvalue weighted by atomic mass is 79.9. The largest absolute Gasteiger partial charge is 0.365 e. The summed E-state index contributed by atoms with van der Waals surface area (Å²) in [7, 11) is 0.